The number of rotatable bonds is 4. The molecule has 0 saturated carbocycles. The van der Waals surface area contributed by atoms with Crippen LogP contribution in [0.1, 0.15) is 15.9 Å². The second kappa shape index (κ2) is 5.44. The Kier molecular flexibility index (Phi) is 3.48. The molecule has 108 valence electrons. The third-order valence-electron chi connectivity index (χ3n) is 3.19. The zero-order chi connectivity index (χ0) is 14.8. The van der Waals surface area contributed by atoms with Crippen molar-refractivity contribution in [3.05, 3.63) is 53.3 Å². The third-order valence-corrected chi connectivity index (χ3v) is 3.19. The van der Waals surface area contributed by atoms with Crippen LogP contribution in [0.4, 0.5) is 4.39 Å². The number of fused-ring (bicyclic) bond motifs is 1. The first-order valence-electron chi connectivity index (χ1n) is 6.45. The molecule has 2 aromatic carbocycles. The number of halogens is 1. The summed E-state index contributed by atoms with van der Waals surface area (Å²) in [5.41, 5.74) is 1.13. The Labute approximate surface area is 121 Å². The van der Waals surface area contributed by atoms with E-state index in [1.165, 1.54) is 18.2 Å². The maximum absolute atomic E-state index is 13.0. The largest absolute Gasteiger partial charge is 0.485 e. The molecule has 2 aromatic rings. The predicted molar refractivity (Wildman–Crippen MR) is 73.5 cm³/mol. The minimum atomic E-state index is -0.332. The molecule has 1 aliphatic rings. The van der Waals surface area contributed by atoms with Crippen molar-refractivity contribution in [3.8, 4) is 17.2 Å². The highest BCUT2D eigenvalue weighted by Gasteiger charge is 2.16. The SMILES string of the molecule is Cc1cc(F)ccc1OCC(=O)c1ccc2c(c1)OCO2. The van der Waals surface area contributed by atoms with E-state index in [0.29, 0.717) is 28.4 Å². The first-order chi connectivity index (χ1) is 10.1. The van der Waals surface area contributed by atoms with Gasteiger partial charge in [-0.15, -0.1) is 0 Å². The van der Waals surface area contributed by atoms with Crippen molar-refractivity contribution >= 4 is 5.78 Å². The van der Waals surface area contributed by atoms with Gasteiger partial charge in [0.15, 0.2) is 23.9 Å². The van der Waals surface area contributed by atoms with E-state index in [0.717, 1.165) is 0 Å². The van der Waals surface area contributed by atoms with E-state index in [4.69, 9.17) is 14.2 Å². The van der Waals surface area contributed by atoms with Gasteiger partial charge < -0.3 is 14.2 Å². The molecule has 0 spiro atoms. The fraction of sp³-hybridized carbons (Fsp3) is 0.188. The van der Waals surface area contributed by atoms with Crippen LogP contribution in [0, 0.1) is 12.7 Å². The number of ether oxygens (including phenoxy) is 3. The summed E-state index contributed by atoms with van der Waals surface area (Å²) in [5.74, 6) is 1.16. The molecule has 0 bridgehead atoms. The molecule has 21 heavy (non-hydrogen) atoms. The van der Waals surface area contributed by atoms with Crippen molar-refractivity contribution in [1.29, 1.82) is 0 Å². The van der Waals surface area contributed by atoms with Gasteiger partial charge in [-0.1, -0.05) is 0 Å². The number of carbonyl (C=O) groups is 1. The second-order valence-electron chi connectivity index (χ2n) is 4.69. The molecule has 0 amide bonds. The highest BCUT2D eigenvalue weighted by atomic mass is 19.1. The van der Waals surface area contributed by atoms with E-state index in [9.17, 15) is 9.18 Å². The van der Waals surface area contributed by atoms with E-state index in [1.54, 1.807) is 25.1 Å². The molecule has 1 heterocycles. The van der Waals surface area contributed by atoms with Gasteiger partial charge in [-0.2, -0.15) is 0 Å². The molecule has 0 unspecified atom stereocenters. The minimum Gasteiger partial charge on any atom is -0.485 e. The number of hydrogen-bond acceptors (Lipinski definition) is 4. The lowest BCUT2D eigenvalue weighted by atomic mass is 10.1. The van der Waals surface area contributed by atoms with Crippen LogP contribution in [0.15, 0.2) is 36.4 Å². The van der Waals surface area contributed by atoms with Gasteiger partial charge in [0.1, 0.15) is 11.6 Å². The maximum Gasteiger partial charge on any atom is 0.231 e. The maximum atomic E-state index is 13.0. The van der Waals surface area contributed by atoms with Crippen LogP contribution < -0.4 is 14.2 Å². The second-order valence-corrected chi connectivity index (χ2v) is 4.69. The summed E-state index contributed by atoms with van der Waals surface area (Å²) in [4.78, 5) is 12.1. The minimum absolute atomic E-state index is 0.119. The summed E-state index contributed by atoms with van der Waals surface area (Å²) in [7, 11) is 0. The molecule has 0 aliphatic carbocycles. The number of hydrogen-bond donors (Lipinski definition) is 0. The van der Waals surface area contributed by atoms with Gasteiger partial charge in [-0.25, -0.2) is 4.39 Å². The first-order valence-corrected chi connectivity index (χ1v) is 6.45. The lowest BCUT2D eigenvalue weighted by Crippen LogP contribution is -2.12. The highest BCUT2D eigenvalue weighted by Crippen LogP contribution is 2.32. The Morgan fingerprint density at radius 2 is 2.00 bits per heavy atom. The average Bonchev–Trinajstić information content (AvgIpc) is 2.93. The van der Waals surface area contributed by atoms with Crippen LogP contribution in [0.2, 0.25) is 0 Å². The van der Waals surface area contributed by atoms with Gasteiger partial charge in [-0.05, 0) is 48.9 Å². The van der Waals surface area contributed by atoms with Crippen LogP contribution in [0.5, 0.6) is 17.2 Å². The highest BCUT2D eigenvalue weighted by molar-refractivity contribution is 5.97. The molecular weight excluding hydrogens is 275 g/mol. The molecule has 0 aromatic heterocycles. The summed E-state index contributed by atoms with van der Waals surface area (Å²) < 4.78 is 28.8. The van der Waals surface area contributed by atoms with Gasteiger partial charge in [0.05, 0.1) is 0 Å². The van der Waals surface area contributed by atoms with Crippen molar-refractivity contribution in [2.24, 2.45) is 0 Å². The van der Waals surface area contributed by atoms with Crippen LogP contribution in [-0.2, 0) is 0 Å². The van der Waals surface area contributed by atoms with Crippen molar-refractivity contribution < 1.29 is 23.4 Å². The van der Waals surface area contributed by atoms with Crippen LogP contribution in [0.25, 0.3) is 0 Å². The molecule has 0 radical (unpaired) electrons. The summed E-state index contributed by atoms with van der Waals surface area (Å²) in [5, 5.41) is 0. The fourth-order valence-corrected chi connectivity index (χ4v) is 2.07. The molecule has 0 fully saturated rings. The Hall–Kier alpha value is -2.56. The first kappa shape index (κ1) is 13.4. The monoisotopic (exact) mass is 288 g/mol. The number of carbonyl (C=O) groups excluding carboxylic acids is 1. The van der Waals surface area contributed by atoms with Crippen molar-refractivity contribution in [2.75, 3.05) is 13.4 Å². The summed E-state index contributed by atoms with van der Waals surface area (Å²) in [6.45, 7) is 1.77. The number of aryl methyl sites for hydroxylation is 1. The van der Waals surface area contributed by atoms with Crippen LogP contribution in [-0.4, -0.2) is 19.2 Å². The molecule has 4 nitrogen and oxygen atoms in total. The lowest BCUT2D eigenvalue weighted by Gasteiger charge is -2.08. The van der Waals surface area contributed by atoms with Gasteiger partial charge in [0, 0.05) is 5.56 Å². The normalized spacial score (nSPS) is 12.3. The van der Waals surface area contributed by atoms with E-state index in [-0.39, 0.29) is 25.0 Å². The standard InChI is InChI=1S/C16H13FO4/c1-10-6-12(17)3-5-14(10)19-8-13(18)11-2-4-15-16(7-11)21-9-20-15/h2-7H,8-9H2,1H3. The zero-order valence-corrected chi connectivity index (χ0v) is 11.4. The van der Waals surface area contributed by atoms with Crippen molar-refractivity contribution in [2.45, 2.75) is 6.92 Å². The van der Waals surface area contributed by atoms with Crippen LogP contribution in [0.3, 0.4) is 0 Å². The topological polar surface area (TPSA) is 44.8 Å². The summed E-state index contributed by atoms with van der Waals surface area (Å²) in [6.07, 6.45) is 0. The zero-order valence-electron chi connectivity index (χ0n) is 11.4. The molecule has 1 aliphatic heterocycles. The number of ketones is 1. The van der Waals surface area contributed by atoms with Crippen molar-refractivity contribution in [1.82, 2.24) is 0 Å². The molecule has 3 rings (SSSR count). The molecule has 0 atom stereocenters. The quantitative estimate of drug-likeness (QED) is 0.811. The smallest absolute Gasteiger partial charge is 0.231 e. The third kappa shape index (κ3) is 2.81. The molecule has 0 saturated heterocycles. The molecule has 5 heteroatoms. The van der Waals surface area contributed by atoms with E-state index in [2.05, 4.69) is 0 Å². The van der Waals surface area contributed by atoms with Gasteiger partial charge in [0.2, 0.25) is 6.79 Å². The summed E-state index contributed by atoms with van der Waals surface area (Å²) in [6, 6.07) is 9.16. The molecular formula is C16H13FO4. The Morgan fingerprint density at radius 3 is 2.81 bits per heavy atom. The fourth-order valence-electron chi connectivity index (χ4n) is 2.07. The van der Waals surface area contributed by atoms with Gasteiger partial charge >= 0.3 is 0 Å². The summed E-state index contributed by atoms with van der Waals surface area (Å²) >= 11 is 0. The van der Waals surface area contributed by atoms with Gasteiger partial charge in [0.25, 0.3) is 0 Å². The van der Waals surface area contributed by atoms with E-state index >= 15 is 0 Å². The van der Waals surface area contributed by atoms with E-state index < -0.39 is 0 Å². The Morgan fingerprint density at radius 1 is 1.19 bits per heavy atom. The Balaban J connectivity index is 1.69. The molecule has 0 N–H and O–H groups in total. The van der Waals surface area contributed by atoms with Gasteiger partial charge in [-0.3, -0.25) is 4.79 Å². The Bertz CT molecular complexity index is 697. The lowest BCUT2D eigenvalue weighted by molar-refractivity contribution is 0.0920. The average molecular weight is 288 g/mol. The van der Waals surface area contributed by atoms with Crippen molar-refractivity contribution in [3.63, 3.8) is 0 Å². The van der Waals surface area contributed by atoms with Crippen LogP contribution >= 0.6 is 0 Å². The van der Waals surface area contributed by atoms with E-state index in [1.807, 2.05) is 0 Å². The number of benzene rings is 2. The predicted octanol–water partition coefficient (Wildman–Crippen LogP) is 3.12. The number of Topliss-reactive ketones (excluding diaryl/α,β-unsaturated/α-hetero) is 1.